The summed E-state index contributed by atoms with van der Waals surface area (Å²) >= 11 is 3.22. The molecule has 0 unspecified atom stereocenters. The third-order valence-corrected chi connectivity index (χ3v) is 2.53. The van der Waals surface area contributed by atoms with Crippen LogP contribution in [-0.4, -0.2) is 0 Å². The molecule has 90 valence electrons. The average Bonchev–Trinajstić information content (AvgIpc) is 2.26. The molecule has 0 bridgehead atoms. The van der Waals surface area contributed by atoms with E-state index in [2.05, 4.69) is 15.9 Å². The molecule has 0 saturated carbocycles. The van der Waals surface area contributed by atoms with E-state index in [0.717, 1.165) is 18.2 Å². The summed E-state index contributed by atoms with van der Waals surface area (Å²) in [6, 6.07) is 9.54. The summed E-state index contributed by atoms with van der Waals surface area (Å²) in [6.07, 6.45) is 0. The molecule has 2 rings (SSSR count). The van der Waals surface area contributed by atoms with E-state index in [-0.39, 0.29) is 5.75 Å². The SMILES string of the molecule is N#Cc1cc(Br)cc(Oc2cc(F)cc(F)c2)c1. The maximum atomic E-state index is 13.0. The van der Waals surface area contributed by atoms with E-state index in [9.17, 15) is 8.78 Å². The van der Waals surface area contributed by atoms with Crippen molar-refractivity contribution in [2.24, 2.45) is 0 Å². The molecule has 0 aromatic heterocycles. The smallest absolute Gasteiger partial charge is 0.133 e. The minimum Gasteiger partial charge on any atom is -0.457 e. The van der Waals surface area contributed by atoms with Crippen molar-refractivity contribution in [1.29, 1.82) is 5.26 Å². The largest absolute Gasteiger partial charge is 0.457 e. The second kappa shape index (κ2) is 5.15. The first kappa shape index (κ1) is 12.5. The Morgan fingerprint density at radius 3 is 2.17 bits per heavy atom. The van der Waals surface area contributed by atoms with Crippen LogP contribution in [0.15, 0.2) is 40.9 Å². The van der Waals surface area contributed by atoms with Gasteiger partial charge in [0, 0.05) is 22.7 Å². The van der Waals surface area contributed by atoms with E-state index < -0.39 is 11.6 Å². The first-order valence-corrected chi connectivity index (χ1v) is 5.71. The van der Waals surface area contributed by atoms with E-state index in [1.165, 1.54) is 6.07 Å². The molecule has 0 aliphatic carbocycles. The third kappa shape index (κ3) is 3.05. The number of halogens is 3. The topological polar surface area (TPSA) is 33.0 Å². The Balaban J connectivity index is 2.34. The fourth-order valence-electron chi connectivity index (χ4n) is 1.41. The molecule has 5 heteroatoms. The molecule has 18 heavy (non-hydrogen) atoms. The number of nitrogens with zero attached hydrogens (tertiary/aromatic N) is 1. The Morgan fingerprint density at radius 2 is 1.56 bits per heavy atom. The molecular weight excluding hydrogens is 304 g/mol. The standard InChI is InChI=1S/C13H6BrF2NO/c14-9-1-8(7-17)2-12(3-9)18-13-5-10(15)4-11(16)6-13/h1-6H. The maximum absolute atomic E-state index is 13.0. The highest BCUT2D eigenvalue weighted by Gasteiger charge is 2.05. The molecule has 2 nitrogen and oxygen atoms in total. The fourth-order valence-corrected chi connectivity index (χ4v) is 1.88. The molecule has 2 aromatic rings. The number of nitriles is 1. The summed E-state index contributed by atoms with van der Waals surface area (Å²) in [6.45, 7) is 0. The molecular formula is C13H6BrF2NO. The van der Waals surface area contributed by atoms with Crippen LogP contribution in [0.4, 0.5) is 8.78 Å². The highest BCUT2D eigenvalue weighted by molar-refractivity contribution is 9.10. The maximum Gasteiger partial charge on any atom is 0.133 e. The van der Waals surface area contributed by atoms with Gasteiger partial charge >= 0.3 is 0 Å². The second-order valence-corrected chi connectivity index (χ2v) is 4.41. The second-order valence-electron chi connectivity index (χ2n) is 3.49. The molecule has 0 radical (unpaired) electrons. The minimum absolute atomic E-state index is 0.0366. The van der Waals surface area contributed by atoms with Crippen molar-refractivity contribution in [3.05, 3.63) is 58.1 Å². The Morgan fingerprint density at radius 1 is 0.944 bits per heavy atom. The number of hydrogen-bond acceptors (Lipinski definition) is 2. The van der Waals surface area contributed by atoms with E-state index in [0.29, 0.717) is 15.8 Å². The number of benzene rings is 2. The van der Waals surface area contributed by atoms with Crippen LogP contribution in [-0.2, 0) is 0 Å². The lowest BCUT2D eigenvalue weighted by molar-refractivity contribution is 0.468. The van der Waals surface area contributed by atoms with Gasteiger partial charge in [0.25, 0.3) is 0 Å². The highest BCUT2D eigenvalue weighted by Crippen LogP contribution is 2.27. The van der Waals surface area contributed by atoms with Crippen LogP contribution in [0.5, 0.6) is 11.5 Å². The predicted molar refractivity (Wildman–Crippen MR) is 65.3 cm³/mol. The van der Waals surface area contributed by atoms with Gasteiger partial charge in [0.15, 0.2) is 0 Å². The van der Waals surface area contributed by atoms with Gasteiger partial charge in [0.05, 0.1) is 11.6 Å². The van der Waals surface area contributed by atoms with Crippen LogP contribution in [0.3, 0.4) is 0 Å². The summed E-state index contributed by atoms with van der Waals surface area (Å²) < 4.78 is 31.9. The Kier molecular flexibility index (Phi) is 3.58. The van der Waals surface area contributed by atoms with Crippen LogP contribution in [0.1, 0.15) is 5.56 Å². The molecule has 0 heterocycles. The molecule has 0 saturated heterocycles. The number of hydrogen-bond donors (Lipinski definition) is 0. The van der Waals surface area contributed by atoms with Crippen LogP contribution >= 0.6 is 15.9 Å². The minimum atomic E-state index is -0.722. The number of ether oxygens (including phenoxy) is 1. The van der Waals surface area contributed by atoms with Gasteiger partial charge in [-0.2, -0.15) is 5.26 Å². The normalized spacial score (nSPS) is 9.89. The van der Waals surface area contributed by atoms with Gasteiger partial charge in [-0.25, -0.2) is 8.78 Å². The molecule has 0 amide bonds. The molecule has 0 spiro atoms. The van der Waals surface area contributed by atoms with Gasteiger partial charge in [0.1, 0.15) is 23.1 Å². The Labute approximate surface area is 111 Å². The van der Waals surface area contributed by atoms with Crippen molar-refractivity contribution in [3.8, 4) is 17.6 Å². The van der Waals surface area contributed by atoms with Gasteiger partial charge in [-0.1, -0.05) is 15.9 Å². The summed E-state index contributed by atoms with van der Waals surface area (Å²) in [7, 11) is 0. The third-order valence-electron chi connectivity index (χ3n) is 2.07. The fraction of sp³-hybridized carbons (Fsp3) is 0. The van der Waals surface area contributed by atoms with Crippen molar-refractivity contribution in [2.75, 3.05) is 0 Å². The monoisotopic (exact) mass is 309 g/mol. The Hall–Kier alpha value is -1.93. The predicted octanol–water partition coefficient (Wildman–Crippen LogP) is 4.39. The summed E-state index contributed by atoms with van der Waals surface area (Å²) in [5.74, 6) is -1.08. The van der Waals surface area contributed by atoms with Crippen LogP contribution in [0, 0.1) is 23.0 Å². The molecule has 0 atom stereocenters. The highest BCUT2D eigenvalue weighted by atomic mass is 79.9. The van der Waals surface area contributed by atoms with Gasteiger partial charge < -0.3 is 4.74 Å². The summed E-state index contributed by atoms with van der Waals surface area (Å²) in [4.78, 5) is 0. The van der Waals surface area contributed by atoms with Crippen molar-refractivity contribution < 1.29 is 13.5 Å². The van der Waals surface area contributed by atoms with Crippen LogP contribution in [0.25, 0.3) is 0 Å². The van der Waals surface area contributed by atoms with Gasteiger partial charge in [-0.05, 0) is 18.2 Å². The van der Waals surface area contributed by atoms with Crippen LogP contribution in [0.2, 0.25) is 0 Å². The van der Waals surface area contributed by atoms with Gasteiger partial charge in [-0.3, -0.25) is 0 Å². The van der Waals surface area contributed by atoms with Gasteiger partial charge in [0.2, 0.25) is 0 Å². The average molecular weight is 310 g/mol. The Bertz CT molecular complexity index is 617. The van der Waals surface area contributed by atoms with Crippen molar-refractivity contribution >= 4 is 15.9 Å². The lowest BCUT2D eigenvalue weighted by atomic mass is 10.2. The quantitative estimate of drug-likeness (QED) is 0.824. The van der Waals surface area contributed by atoms with Crippen molar-refractivity contribution in [3.63, 3.8) is 0 Å². The summed E-state index contributed by atoms with van der Waals surface area (Å²) in [5, 5.41) is 8.79. The first-order valence-electron chi connectivity index (χ1n) is 4.91. The summed E-state index contributed by atoms with van der Waals surface area (Å²) in [5.41, 5.74) is 0.385. The van der Waals surface area contributed by atoms with E-state index in [1.807, 2.05) is 6.07 Å². The lowest BCUT2D eigenvalue weighted by Gasteiger charge is -2.07. The van der Waals surface area contributed by atoms with Crippen molar-refractivity contribution in [2.45, 2.75) is 0 Å². The molecule has 0 aliphatic heterocycles. The molecule has 0 aliphatic rings. The zero-order chi connectivity index (χ0) is 13.1. The molecule has 2 aromatic carbocycles. The molecule has 0 fully saturated rings. The van der Waals surface area contributed by atoms with E-state index in [4.69, 9.17) is 10.00 Å². The van der Waals surface area contributed by atoms with E-state index in [1.54, 1.807) is 12.1 Å². The zero-order valence-corrected chi connectivity index (χ0v) is 10.5. The lowest BCUT2D eigenvalue weighted by Crippen LogP contribution is -1.88. The number of rotatable bonds is 2. The van der Waals surface area contributed by atoms with Crippen LogP contribution < -0.4 is 4.74 Å². The van der Waals surface area contributed by atoms with Crippen molar-refractivity contribution in [1.82, 2.24) is 0 Å². The first-order chi connectivity index (χ1) is 8.56. The molecule has 0 N–H and O–H groups in total. The van der Waals surface area contributed by atoms with E-state index >= 15 is 0 Å². The van der Waals surface area contributed by atoms with Gasteiger partial charge in [-0.15, -0.1) is 0 Å². The zero-order valence-electron chi connectivity index (χ0n) is 8.95.